The minimum Gasteiger partial charge on any atom is -0.335 e. The first-order chi connectivity index (χ1) is 6.61. The lowest BCUT2D eigenvalue weighted by molar-refractivity contribution is -0.146. The average molecular weight is 190 g/mol. The van der Waals surface area contributed by atoms with Gasteiger partial charge in [0.15, 0.2) is 0 Å². The molecule has 0 saturated carbocycles. The van der Waals surface area contributed by atoms with Gasteiger partial charge in [-0.05, 0) is 12.5 Å². The second kappa shape index (κ2) is 3.10. The smallest absolute Gasteiger partial charge is 0.242 e. The number of β-lactam (4-membered cyclic amide) rings is 1. The highest BCUT2D eigenvalue weighted by molar-refractivity contribution is 5.89. The van der Waals surface area contributed by atoms with Gasteiger partial charge in [0.1, 0.15) is 6.04 Å². The Balaban J connectivity index is 2.24. The molecule has 0 unspecified atom stereocenters. The summed E-state index contributed by atoms with van der Waals surface area (Å²) in [7, 11) is 1.79. The number of benzene rings is 1. The zero-order valence-corrected chi connectivity index (χ0v) is 8.40. The van der Waals surface area contributed by atoms with Crippen molar-refractivity contribution in [2.24, 2.45) is 5.73 Å². The van der Waals surface area contributed by atoms with Crippen LogP contribution in [0, 0.1) is 6.92 Å². The largest absolute Gasteiger partial charge is 0.335 e. The zero-order chi connectivity index (χ0) is 10.3. The first-order valence-electron chi connectivity index (χ1n) is 4.70. The molecule has 1 amide bonds. The van der Waals surface area contributed by atoms with Crippen molar-refractivity contribution >= 4 is 5.91 Å². The maximum Gasteiger partial charge on any atom is 0.242 e. The van der Waals surface area contributed by atoms with Crippen LogP contribution in [0.2, 0.25) is 0 Å². The molecule has 1 aromatic rings. The molecule has 2 atom stereocenters. The Bertz CT molecular complexity index is 346. The minimum atomic E-state index is -0.359. The van der Waals surface area contributed by atoms with Gasteiger partial charge >= 0.3 is 0 Å². The Kier molecular flexibility index (Phi) is 2.04. The van der Waals surface area contributed by atoms with Crippen LogP contribution in [0.4, 0.5) is 0 Å². The quantitative estimate of drug-likeness (QED) is 0.667. The highest BCUT2D eigenvalue weighted by Crippen LogP contribution is 2.31. The number of hydrogen-bond donors (Lipinski definition) is 1. The van der Waals surface area contributed by atoms with Crippen LogP contribution >= 0.6 is 0 Å². The van der Waals surface area contributed by atoms with Crippen molar-refractivity contribution < 1.29 is 4.79 Å². The summed E-state index contributed by atoms with van der Waals surface area (Å²) in [4.78, 5) is 12.9. The molecule has 1 heterocycles. The van der Waals surface area contributed by atoms with Crippen molar-refractivity contribution in [3.05, 3.63) is 35.4 Å². The number of amides is 1. The van der Waals surface area contributed by atoms with Gasteiger partial charge < -0.3 is 10.6 Å². The molecule has 1 aromatic carbocycles. The molecule has 3 nitrogen and oxygen atoms in total. The van der Waals surface area contributed by atoms with E-state index in [1.807, 2.05) is 31.2 Å². The molecule has 2 N–H and O–H groups in total. The SMILES string of the molecule is Cc1ccc([C@H]2[C@H](N)C(=O)N2C)cc1. The maximum atomic E-state index is 11.2. The summed E-state index contributed by atoms with van der Waals surface area (Å²) in [5, 5.41) is 0. The van der Waals surface area contributed by atoms with Gasteiger partial charge in [-0.15, -0.1) is 0 Å². The topological polar surface area (TPSA) is 46.3 Å². The first-order valence-corrected chi connectivity index (χ1v) is 4.70. The summed E-state index contributed by atoms with van der Waals surface area (Å²) < 4.78 is 0. The number of nitrogens with zero attached hydrogens (tertiary/aromatic N) is 1. The summed E-state index contributed by atoms with van der Waals surface area (Å²) >= 11 is 0. The number of rotatable bonds is 1. The lowest BCUT2D eigenvalue weighted by Crippen LogP contribution is -2.61. The Morgan fingerprint density at radius 3 is 2.36 bits per heavy atom. The Labute approximate surface area is 83.5 Å². The van der Waals surface area contributed by atoms with E-state index in [9.17, 15) is 4.79 Å². The number of likely N-dealkylation sites (tertiary alicyclic amines) is 1. The van der Waals surface area contributed by atoms with Gasteiger partial charge in [0.25, 0.3) is 0 Å². The fourth-order valence-electron chi connectivity index (χ4n) is 1.86. The van der Waals surface area contributed by atoms with E-state index >= 15 is 0 Å². The van der Waals surface area contributed by atoms with E-state index in [0.29, 0.717) is 0 Å². The van der Waals surface area contributed by atoms with Gasteiger partial charge in [0.05, 0.1) is 6.04 Å². The number of hydrogen-bond acceptors (Lipinski definition) is 2. The highest BCUT2D eigenvalue weighted by atomic mass is 16.2. The second-order valence-corrected chi connectivity index (χ2v) is 3.83. The van der Waals surface area contributed by atoms with Crippen LogP contribution in [0.15, 0.2) is 24.3 Å². The van der Waals surface area contributed by atoms with Gasteiger partial charge in [0.2, 0.25) is 5.91 Å². The molecule has 0 bridgehead atoms. The Morgan fingerprint density at radius 1 is 1.29 bits per heavy atom. The molecule has 0 spiro atoms. The van der Waals surface area contributed by atoms with E-state index in [4.69, 9.17) is 5.73 Å². The molecule has 0 radical (unpaired) electrons. The van der Waals surface area contributed by atoms with Crippen molar-refractivity contribution in [1.82, 2.24) is 4.90 Å². The molecule has 1 aliphatic rings. The predicted molar refractivity (Wildman–Crippen MR) is 54.7 cm³/mol. The fourth-order valence-corrected chi connectivity index (χ4v) is 1.86. The molecular formula is C11H14N2O. The molecule has 1 fully saturated rings. The minimum absolute atomic E-state index is 0.0237. The first kappa shape index (κ1) is 9.21. The molecule has 1 aliphatic heterocycles. The number of carbonyl (C=O) groups is 1. The van der Waals surface area contributed by atoms with Crippen molar-refractivity contribution in [3.63, 3.8) is 0 Å². The second-order valence-electron chi connectivity index (χ2n) is 3.83. The number of aryl methyl sites for hydroxylation is 1. The standard InChI is InChI=1S/C11H14N2O/c1-7-3-5-8(6-4-7)10-9(12)11(14)13(10)2/h3-6,9-10H,12H2,1-2H3/t9-,10-/m0/s1. The normalized spacial score (nSPS) is 26.2. The van der Waals surface area contributed by atoms with E-state index < -0.39 is 0 Å². The van der Waals surface area contributed by atoms with E-state index in [0.717, 1.165) is 5.56 Å². The zero-order valence-electron chi connectivity index (χ0n) is 8.40. The van der Waals surface area contributed by atoms with Gasteiger partial charge in [-0.25, -0.2) is 0 Å². The van der Waals surface area contributed by atoms with Crippen LogP contribution in [0.3, 0.4) is 0 Å². The molecular weight excluding hydrogens is 176 g/mol. The highest BCUT2D eigenvalue weighted by Gasteiger charge is 2.42. The third-order valence-electron chi connectivity index (χ3n) is 2.81. The lowest BCUT2D eigenvalue weighted by atomic mass is 9.90. The van der Waals surface area contributed by atoms with Crippen LogP contribution in [-0.4, -0.2) is 23.9 Å². The average Bonchev–Trinajstić information content (AvgIpc) is 2.21. The Morgan fingerprint density at radius 2 is 1.86 bits per heavy atom. The molecule has 3 heteroatoms. The van der Waals surface area contributed by atoms with Gasteiger partial charge in [-0.2, -0.15) is 0 Å². The molecule has 0 aliphatic carbocycles. The monoisotopic (exact) mass is 190 g/mol. The van der Waals surface area contributed by atoms with Crippen molar-refractivity contribution in [1.29, 1.82) is 0 Å². The van der Waals surface area contributed by atoms with Crippen molar-refractivity contribution in [2.75, 3.05) is 7.05 Å². The van der Waals surface area contributed by atoms with Crippen LogP contribution in [0.25, 0.3) is 0 Å². The van der Waals surface area contributed by atoms with Gasteiger partial charge in [0, 0.05) is 7.05 Å². The maximum absolute atomic E-state index is 11.2. The van der Waals surface area contributed by atoms with Crippen LogP contribution in [-0.2, 0) is 4.79 Å². The van der Waals surface area contributed by atoms with Gasteiger partial charge in [-0.1, -0.05) is 29.8 Å². The molecule has 14 heavy (non-hydrogen) atoms. The lowest BCUT2D eigenvalue weighted by Gasteiger charge is -2.43. The predicted octanol–water partition coefficient (Wildman–Crippen LogP) is 0.835. The summed E-state index contributed by atoms with van der Waals surface area (Å²) in [5.74, 6) is 0.0237. The Hall–Kier alpha value is -1.35. The van der Waals surface area contributed by atoms with Crippen LogP contribution < -0.4 is 5.73 Å². The third-order valence-corrected chi connectivity index (χ3v) is 2.81. The molecule has 1 saturated heterocycles. The van der Waals surface area contributed by atoms with E-state index in [1.54, 1.807) is 11.9 Å². The van der Waals surface area contributed by atoms with E-state index in [-0.39, 0.29) is 18.0 Å². The van der Waals surface area contributed by atoms with E-state index in [1.165, 1.54) is 5.56 Å². The van der Waals surface area contributed by atoms with Crippen molar-refractivity contribution in [3.8, 4) is 0 Å². The van der Waals surface area contributed by atoms with E-state index in [2.05, 4.69) is 0 Å². The third kappa shape index (κ3) is 1.21. The number of likely N-dealkylation sites (N-methyl/N-ethyl adjacent to an activating group) is 1. The number of carbonyl (C=O) groups excluding carboxylic acids is 1. The van der Waals surface area contributed by atoms with Crippen LogP contribution in [0.5, 0.6) is 0 Å². The molecule has 74 valence electrons. The number of nitrogens with two attached hydrogens (primary N) is 1. The van der Waals surface area contributed by atoms with Crippen molar-refractivity contribution in [2.45, 2.75) is 19.0 Å². The summed E-state index contributed by atoms with van der Waals surface area (Å²) in [6, 6.07) is 7.84. The van der Waals surface area contributed by atoms with Crippen LogP contribution in [0.1, 0.15) is 17.2 Å². The molecule has 0 aromatic heterocycles. The summed E-state index contributed by atoms with van der Waals surface area (Å²) in [6.07, 6.45) is 0. The van der Waals surface area contributed by atoms with Gasteiger partial charge in [-0.3, -0.25) is 4.79 Å². The fraction of sp³-hybridized carbons (Fsp3) is 0.364. The molecule has 2 rings (SSSR count). The summed E-state index contributed by atoms with van der Waals surface area (Å²) in [5.41, 5.74) is 8.07. The summed E-state index contributed by atoms with van der Waals surface area (Å²) in [6.45, 7) is 2.04.